The summed E-state index contributed by atoms with van der Waals surface area (Å²) in [4.78, 5) is 25.0. The molecule has 1 fully saturated rings. The lowest BCUT2D eigenvalue weighted by molar-refractivity contribution is -0.135. The Hall–Kier alpha value is -1.10. The van der Waals surface area contributed by atoms with Crippen LogP contribution < -0.4 is 10.6 Å². The molecule has 1 aliphatic heterocycles. The highest BCUT2D eigenvalue weighted by atomic mass is 16.2. The van der Waals surface area contributed by atoms with Crippen molar-refractivity contribution < 1.29 is 9.59 Å². The molecule has 16 heavy (non-hydrogen) atoms. The predicted octanol–water partition coefficient (Wildman–Crippen LogP) is -0.279. The molecule has 0 saturated carbocycles. The third-order valence-electron chi connectivity index (χ3n) is 3.03. The first-order valence-corrected chi connectivity index (χ1v) is 5.64. The molecule has 1 rings (SSSR count). The SMILES string of the molecule is CC(NC(=O)C1(C)CCCN1)C(=O)N(C)C. The number of amides is 2. The molecule has 5 nitrogen and oxygen atoms in total. The van der Waals surface area contributed by atoms with Gasteiger partial charge in [-0.2, -0.15) is 0 Å². The summed E-state index contributed by atoms with van der Waals surface area (Å²) in [6.45, 7) is 4.45. The fourth-order valence-electron chi connectivity index (χ4n) is 1.89. The van der Waals surface area contributed by atoms with Gasteiger partial charge in [-0.15, -0.1) is 0 Å². The molecule has 2 atom stereocenters. The molecule has 0 aromatic heterocycles. The van der Waals surface area contributed by atoms with Crippen molar-refractivity contribution in [3.63, 3.8) is 0 Å². The number of likely N-dealkylation sites (N-methyl/N-ethyl adjacent to an activating group) is 1. The van der Waals surface area contributed by atoms with E-state index in [4.69, 9.17) is 0 Å². The van der Waals surface area contributed by atoms with E-state index in [0.29, 0.717) is 0 Å². The van der Waals surface area contributed by atoms with Crippen LogP contribution in [0.25, 0.3) is 0 Å². The lowest BCUT2D eigenvalue weighted by Gasteiger charge is -2.26. The molecule has 5 heteroatoms. The van der Waals surface area contributed by atoms with E-state index in [0.717, 1.165) is 19.4 Å². The largest absolute Gasteiger partial charge is 0.347 e. The van der Waals surface area contributed by atoms with E-state index in [-0.39, 0.29) is 11.8 Å². The first-order valence-electron chi connectivity index (χ1n) is 5.64. The summed E-state index contributed by atoms with van der Waals surface area (Å²) in [6, 6.07) is -0.471. The van der Waals surface area contributed by atoms with E-state index in [1.165, 1.54) is 4.90 Å². The summed E-state index contributed by atoms with van der Waals surface area (Å²) in [6.07, 6.45) is 1.82. The Morgan fingerprint density at radius 2 is 2.06 bits per heavy atom. The second-order valence-electron chi connectivity index (χ2n) is 4.79. The summed E-state index contributed by atoms with van der Waals surface area (Å²) in [5.41, 5.74) is -0.513. The molecular formula is C11H21N3O2. The van der Waals surface area contributed by atoms with E-state index in [1.54, 1.807) is 21.0 Å². The molecule has 2 N–H and O–H groups in total. The maximum Gasteiger partial charge on any atom is 0.244 e. The lowest BCUT2D eigenvalue weighted by atomic mass is 9.99. The minimum Gasteiger partial charge on any atom is -0.347 e. The summed E-state index contributed by atoms with van der Waals surface area (Å²) < 4.78 is 0. The highest BCUT2D eigenvalue weighted by molar-refractivity contribution is 5.91. The maximum atomic E-state index is 12.0. The van der Waals surface area contributed by atoms with E-state index >= 15 is 0 Å². The van der Waals surface area contributed by atoms with Gasteiger partial charge < -0.3 is 15.5 Å². The van der Waals surface area contributed by atoms with Gasteiger partial charge in [0.25, 0.3) is 0 Å². The van der Waals surface area contributed by atoms with Gasteiger partial charge in [-0.25, -0.2) is 0 Å². The number of hydrogen-bond donors (Lipinski definition) is 2. The fraction of sp³-hybridized carbons (Fsp3) is 0.818. The van der Waals surface area contributed by atoms with Crippen molar-refractivity contribution >= 4 is 11.8 Å². The van der Waals surface area contributed by atoms with E-state index in [9.17, 15) is 9.59 Å². The monoisotopic (exact) mass is 227 g/mol. The van der Waals surface area contributed by atoms with Crippen molar-refractivity contribution in [2.24, 2.45) is 0 Å². The van der Waals surface area contributed by atoms with Crippen LogP contribution in [0, 0.1) is 0 Å². The van der Waals surface area contributed by atoms with Gasteiger partial charge in [0.1, 0.15) is 6.04 Å². The molecule has 1 heterocycles. The molecule has 0 aromatic carbocycles. The van der Waals surface area contributed by atoms with Gasteiger partial charge >= 0.3 is 0 Å². The molecule has 0 aromatic rings. The van der Waals surface area contributed by atoms with Crippen LogP contribution in [0.15, 0.2) is 0 Å². The van der Waals surface area contributed by atoms with Crippen LogP contribution in [0.3, 0.4) is 0 Å². The van der Waals surface area contributed by atoms with Crippen LogP contribution >= 0.6 is 0 Å². The molecule has 0 spiro atoms. The lowest BCUT2D eigenvalue weighted by Crippen LogP contribution is -2.55. The average Bonchev–Trinajstić information content (AvgIpc) is 2.65. The highest BCUT2D eigenvalue weighted by Crippen LogP contribution is 2.18. The Morgan fingerprint density at radius 3 is 2.50 bits per heavy atom. The Morgan fingerprint density at radius 1 is 1.44 bits per heavy atom. The third-order valence-corrected chi connectivity index (χ3v) is 3.03. The molecule has 92 valence electrons. The van der Waals surface area contributed by atoms with Crippen LogP contribution in [0.4, 0.5) is 0 Å². The van der Waals surface area contributed by atoms with Crippen molar-refractivity contribution in [2.45, 2.75) is 38.3 Å². The number of nitrogens with zero attached hydrogens (tertiary/aromatic N) is 1. The van der Waals surface area contributed by atoms with E-state index in [1.807, 2.05) is 6.92 Å². The molecule has 1 saturated heterocycles. The zero-order chi connectivity index (χ0) is 12.3. The van der Waals surface area contributed by atoms with Gasteiger partial charge in [-0.1, -0.05) is 0 Å². The van der Waals surface area contributed by atoms with Crippen LogP contribution in [0.2, 0.25) is 0 Å². The van der Waals surface area contributed by atoms with Gasteiger partial charge in [0, 0.05) is 14.1 Å². The first-order chi connectivity index (χ1) is 7.37. The first kappa shape index (κ1) is 13.0. The van der Waals surface area contributed by atoms with E-state index in [2.05, 4.69) is 10.6 Å². The quantitative estimate of drug-likeness (QED) is 0.697. The minimum atomic E-state index is -0.513. The molecule has 2 amide bonds. The molecule has 0 radical (unpaired) electrons. The van der Waals surface area contributed by atoms with Crippen molar-refractivity contribution in [2.75, 3.05) is 20.6 Å². The Kier molecular flexibility index (Phi) is 3.91. The molecule has 0 bridgehead atoms. The van der Waals surface area contributed by atoms with Crippen molar-refractivity contribution in [3.05, 3.63) is 0 Å². The van der Waals surface area contributed by atoms with Crippen LogP contribution in [-0.2, 0) is 9.59 Å². The number of carbonyl (C=O) groups excluding carboxylic acids is 2. The second kappa shape index (κ2) is 4.82. The van der Waals surface area contributed by atoms with Crippen molar-refractivity contribution in [1.29, 1.82) is 0 Å². The zero-order valence-electron chi connectivity index (χ0n) is 10.5. The second-order valence-corrected chi connectivity index (χ2v) is 4.79. The van der Waals surface area contributed by atoms with Crippen molar-refractivity contribution in [1.82, 2.24) is 15.5 Å². The normalized spacial score (nSPS) is 26.2. The molecule has 2 unspecified atom stereocenters. The number of carbonyl (C=O) groups is 2. The van der Waals surface area contributed by atoms with Crippen LogP contribution in [-0.4, -0.2) is 48.9 Å². The van der Waals surface area contributed by atoms with Gasteiger partial charge in [0.2, 0.25) is 11.8 Å². The number of hydrogen-bond acceptors (Lipinski definition) is 3. The predicted molar refractivity (Wildman–Crippen MR) is 61.9 cm³/mol. The molecular weight excluding hydrogens is 206 g/mol. The van der Waals surface area contributed by atoms with Gasteiger partial charge in [0.15, 0.2) is 0 Å². The maximum absolute atomic E-state index is 12.0. The Labute approximate surface area is 96.6 Å². The highest BCUT2D eigenvalue weighted by Gasteiger charge is 2.37. The van der Waals surface area contributed by atoms with Crippen molar-refractivity contribution in [3.8, 4) is 0 Å². The Balaban J connectivity index is 2.54. The third kappa shape index (κ3) is 2.72. The number of rotatable bonds is 3. The summed E-state index contributed by atoms with van der Waals surface area (Å²) >= 11 is 0. The minimum absolute atomic E-state index is 0.0880. The number of nitrogens with one attached hydrogen (secondary N) is 2. The van der Waals surface area contributed by atoms with Gasteiger partial charge in [-0.05, 0) is 33.2 Å². The summed E-state index contributed by atoms with van der Waals surface area (Å²) in [7, 11) is 3.36. The van der Waals surface area contributed by atoms with E-state index < -0.39 is 11.6 Å². The topological polar surface area (TPSA) is 61.4 Å². The van der Waals surface area contributed by atoms with Gasteiger partial charge in [-0.3, -0.25) is 9.59 Å². The summed E-state index contributed by atoms with van der Waals surface area (Å²) in [5, 5.41) is 5.92. The molecule has 1 aliphatic rings. The summed E-state index contributed by atoms with van der Waals surface area (Å²) in [5.74, 6) is -0.178. The average molecular weight is 227 g/mol. The van der Waals surface area contributed by atoms with Gasteiger partial charge in [0.05, 0.1) is 5.54 Å². The fourth-order valence-corrected chi connectivity index (χ4v) is 1.89. The Bertz CT molecular complexity index is 283. The zero-order valence-corrected chi connectivity index (χ0v) is 10.5. The standard InChI is InChI=1S/C11H21N3O2/c1-8(9(15)14(3)4)13-10(16)11(2)6-5-7-12-11/h8,12H,5-7H2,1-4H3,(H,13,16). The van der Waals surface area contributed by atoms with Crippen LogP contribution in [0.1, 0.15) is 26.7 Å². The smallest absolute Gasteiger partial charge is 0.244 e. The van der Waals surface area contributed by atoms with Crippen LogP contribution in [0.5, 0.6) is 0 Å². The molecule has 0 aliphatic carbocycles.